The second-order valence-corrected chi connectivity index (χ2v) is 6.98. The van der Waals surface area contributed by atoms with Crippen LogP contribution in [0.25, 0.3) is 10.9 Å². The molecular formula is C21H14ClN3O5. The van der Waals surface area contributed by atoms with Gasteiger partial charge in [-0.1, -0.05) is 11.6 Å². The molecule has 3 amide bonds. The number of nitrogens with zero attached hydrogens (tertiary/aromatic N) is 2. The van der Waals surface area contributed by atoms with E-state index in [2.05, 4.69) is 10.3 Å². The fourth-order valence-electron chi connectivity index (χ4n) is 3.08. The summed E-state index contributed by atoms with van der Waals surface area (Å²) >= 11 is 5.84. The van der Waals surface area contributed by atoms with E-state index in [4.69, 9.17) is 16.3 Å². The van der Waals surface area contributed by atoms with Gasteiger partial charge in [0.05, 0.1) is 22.2 Å². The Hall–Kier alpha value is -3.78. The molecule has 0 saturated heterocycles. The fourth-order valence-corrected chi connectivity index (χ4v) is 3.23. The number of esters is 1. The third kappa shape index (κ3) is 3.60. The predicted molar refractivity (Wildman–Crippen MR) is 109 cm³/mol. The second kappa shape index (κ2) is 7.57. The van der Waals surface area contributed by atoms with E-state index in [1.165, 1.54) is 31.3 Å². The monoisotopic (exact) mass is 423 g/mol. The van der Waals surface area contributed by atoms with E-state index in [9.17, 15) is 19.2 Å². The van der Waals surface area contributed by atoms with Crippen LogP contribution in [0, 0.1) is 0 Å². The van der Waals surface area contributed by atoms with Gasteiger partial charge in [-0.25, -0.2) is 9.78 Å². The summed E-state index contributed by atoms with van der Waals surface area (Å²) < 4.78 is 5.06. The number of fused-ring (bicyclic) bond motifs is 2. The summed E-state index contributed by atoms with van der Waals surface area (Å²) in [6.45, 7) is -0.514. The average molecular weight is 424 g/mol. The highest BCUT2D eigenvalue weighted by Gasteiger charge is 2.32. The van der Waals surface area contributed by atoms with Crippen LogP contribution in [0.4, 0.5) is 5.69 Å². The largest absolute Gasteiger partial charge is 0.452 e. The van der Waals surface area contributed by atoms with Crippen molar-refractivity contribution in [2.75, 3.05) is 19.0 Å². The molecule has 0 radical (unpaired) electrons. The zero-order chi connectivity index (χ0) is 21.4. The number of carbonyl (C=O) groups is 4. The van der Waals surface area contributed by atoms with Gasteiger partial charge in [-0.05, 0) is 48.5 Å². The molecule has 2 aromatic carbocycles. The molecule has 0 fully saturated rings. The Morgan fingerprint density at radius 3 is 2.60 bits per heavy atom. The van der Waals surface area contributed by atoms with Crippen molar-refractivity contribution in [3.05, 3.63) is 70.4 Å². The quantitative estimate of drug-likeness (QED) is 0.393. The van der Waals surface area contributed by atoms with Gasteiger partial charge in [-0.15, -0.1) is 0 Å². The number of aromatic nitrogens is 1. The van der Waals surface area contributed by atoms with Crippen LogP contribution in [0.3, 0.4) is 0 Å². The Balaban J connectivity index is 1.39. The maximum absolute atomic E-state index is 12.2. The van der Waals surface area contributed by atoms with Gasteiger partial charge >= 0.3 is 5.97 Å². The summed E-state index contributed by atoms with van der Waals surface area (Å²) in [6.07, 6.45) is 0. The molecule has 8 nitrogen and oxygen atoms in total. The van der Waals surface area contributed by atoms with Crippen LogP contribution < -0.4 is 5.32 Å². The number of anilines is 1. The van der Waals surface area contributed by atoms with Crippen molar-refractivity contribution < 1.29 is 23.9 Å². The molecule has 1 N–H and O–H groups in total. The number of amides is 3. The Bertz CT molecular complexity index is 1240. The normalized spacial score (nSPS) is 12.8. The van der Waals surface area contributed by atoms with Crippen LogP contribution in [0.15, 0.2) is 48.5 Å². The van der Waals surface area contributed by atoms with E-state index in [1.807, 2.05) is 0 Å². The van der Waals surface area contributed by atoms with Gasteiger partial charge in [0.2, 0.25) is 0 Å². The van der Waals surface area contributed by atoms with Crippen molar-refractivity contribution in [3.8, 4) is 0 Å². The fraction of sp³-hybridized carbons (Fsp3) is 0.0952. The zero-order valence-electron chi connectivity index (χ0n) is 15.6. The number of imide groups is 1. The minimum atomic E-state index is -0.668. The number of rotatable bonds is 4. The highest BCUT2D eigenvalue weighted by Crippen LogP contribution is 2.24. The predicted octanol–water partition coefficient (Wildman–Crippen LogP) is 2.91. The van der Waals surface area contributed by atoms with Gasteiger partial charge in [0.15, 0.2) is 6.61 Å². The summed E-state index contributed by atoms with van der Waals surface area (Å²) in [6, 6.07) is 12.5. The number of ether oxygens (including phenoxy) is 1. The van der Waals surface area contributed by atoms with Gasteiger partial charge in [0.1, 0.15) is 5.15 Å². The number of hydrogen-bond donors (Lipinski definition) is 1. The molecule has 4 rings (SSSR count). The van der Waals surface area contributed by atoms with Gasteiger partial charge in [0, 0.05) is 18.1 Å². The van der Waals surface area contributed by atoms with E-state index >= 15 is 0 Å². The lowest BCUT2D eigenvalue weighted by molar-refractivity contribution is -0.119. The van der Waals surface area contributed by atoms with Crippen molar-refractivity contribution in [1.82, 2.24) is 9.88 Å². The molecule has 0 atom stereocenters. The topological polar surface area (TPSA) is 106 Å². The number of carbonyl (C=O) groups excluding carboxylic acids is 4. The first-order chi connectivity index (χ1) is 14.3. The van der Waals surface area contributed by atoms with Gasteiger partial charge < -0.3 is 10.1 Å². The van der Waals surface area contributed by atoms with Crippen molar-refractivity contribution >= 4 is 51.9 Å². The van der Waals surface area contributed by atoms with Crippen LogP contribution in [0.1, 0.15) is 31.1 Å². The van der Waals surface area contributed by atoms with E-state index < -0.39 is 30.3 Å². The molecule has 1 aliphatic rings. The molecule has 0 aliphatic carbocycles. The Labute approximate surface area is 175 Å². The number of nitrogens with one attached hydrogen (secondary N) is 1. The van der Waals surface area contributed by atoms with Crippen molar-refractivity contribution in [2.45, 2.75) is 0 Å². The first-order valence-electron chi connectivity index (χ1n) is 8.83. The van der Waals surface area contributed by atoms with Crippen LogP contribution in [-0.4, -0.2) is 47.2 Å². The van der Waals surface area contributed by atoms with E-state index in [-0.39, 0.29) is 16.7 Å². The molecule has 0 spiro atoms. The first kappa shape index (κ1) is 19.5. The molecule has 1 aliphatic heterocycles. The maximum atomic E-state index is 12.2. The summed E-state index contributed by atoms with van der Waals surface area (Å²) in [7, 11) is 1.39. The second-order valence-electron chi connectivity index (χ2n) is 6.60. The molecule has 1 aromatic heterocycles. The van der Waals surface area contributed by atoms with Gasteiger partial charge in [0.25, 0.3) is 17.7 Å². The number of pyridine rings is 1. The Morgan fingerprint density at radius 1 is 1.03 bits per heavy atom. The molecule has 3 aromatic rings. The first-order valence-corrected chi connectivity index (χ1v) is 9.21. The summed E-state index contributed by atoms with van der Waals surface area (Å²) in [5.41, 5.74) is 1.71. The number of hydrogen-bond acceptors (Lipinski definition) is 6. The maximum Gasteiger partial charge on any atom is 0.338 e. The molecule has 9 heteroatoms. The summed E-state index contributed by atoms with van der Waals surface area (Å²) in [5.74, 6) is -2.08. The van der Waals surface area contributed by atoms with E-state index in [0.29, 0.717) is 21.7 Å². The standard InChI is InChI=1S/C21H14ClN3O5/c1-25-19(27)14-5-4-13(9-15(14)20(25)28)23-18(26)10-30-21(29)12-2-6-16-11(8-12)3-7-17(22)24-16/h2-9H,10H2,1H3,(H,23,26). The van der Waals surface area contributed by atoms with Crippen molar-refractivity contribution in [1.29, 1.82) is 0 Å². The lowest BCUT2D eigenvalue weighted by Crippen LogP contribution is -2.24. The third-order valence-electron chi connectivity index (χ3n) is 4.60. The van der Waals surface area contributed by atoms with E-state index in [1.54, 1.807) is 24.3 Å². The number of halogens is 1. The minimum Gasteiger partial charge on any atom is -0.452 e. The summed E-state index contributed by atoms with van der Waals surface area (Å²) in [5, 5.41) is 3.60. The van der Waals surface area contributed by atoms with E-state index in [0.717, 1.165) is 4.90 Å². The molecule has 0 saturated carbocycles. The zero-order valence-corrected chi connectivity index (χ0v) is 16.4. The molecule has 0 unspecified atom stereocenters. The van der Waals surface area contributed by atoms with Crippen molar-refractivity contribution in [3.63, 3.8) is 0 Å². The van der Waals surface area contributed by atoms with Gasteiger partial charge in [-0.2, -0.15) is 0 Å². The Morgan fingerprint density at radius 2 is 1.80 bits per heavy atom. The highest BCUT2D eigenvalue weighted by atomic mass is 35.5. The van der Waals surface area contributed by atoms with Crippen LogP contribution in [-0.2, 0) is 9.53 Å². The number of benzene rings is 2. The molecular weight excluding hydrogens is 410 g/mol. The molecule has 0 bridgehead atoms. The Kier molecular flexibility index (Phi) is 4.93. The molecule has 150 valence electrons. The summed E-state index contributed by atoms with van der Waals surface area (Å²) in [4.78, 5) is 53.5. The van der Waals surface area contributed by atoms with Crippen LogP contribution in [0.2, 0.25) is 5.15 Å². The average Bonchev–Trinajstić information content (AvgIpc) is 2.95. The van der Waals surface area contributed by atoms with Gasteiger partial charge in [-0.3, -0.25) is 19.3 Å². The van der Waals surface area contributed by atoms with Crippen LogP contribution in [0.5, 0.6) is 0 Å². The lowest BCUT2D eigenvalue weighted by atomic mass is 10.1. The molecule has 2 heterocycles. The minimum absolute atomic E-state index is 0.210. The SMILES string of the molecule is CN1C(=O)c2ccc(NC(=O)COC(=O)c3ccc4nc(Cl)ccc4c3)cc2C1=O. The molecule has 30 heavy (non-hydrogen) atoms. The third-order valence-corrected chi connectivity index (χ3v) is 4.81. The highest BCUT2D eigenvalue weighted by molar-refractivity contribution is 6.29. The lowest BCUT2D eigenvalue weighted by Gasteiger charge is -2.08. The van der Waals surface area contributed by atoms with Crippen LogP contribution >= 0.6 is 11.6 Å². The smallest absolute Gasteiger partial charge is 0.338 e. The van der Waals surface area contributed by atoms with Crippen molar-refractivity contribution in [2.24, 2.45) is 0 Å².